The first kappa shape index (κ1) is 14.2. The van der Waals surface area contributed by atoms with Gasteiger partial charge in [-0.05, 0) is 88.9 Å². The molecule has 0 atom stereocenters. The molecule has 114 valence electrons. The maximum absolute atomic E-state index is 11.7. The maximum atomic E-state index is 11.7. The molecule has 4 aliphatic carbocycles. The van der Waals surface area contributed by atoms with Gasteiger partial charge in [0.15, 0.2) is 0 Å². The number of carbonyl (C=O) groups excluding carboxylic acids is 1. The van der Waals surface area contributed by atoms with Gasteiger partial charge < -0.3 is 10.1 Å². The minimum atomic E-state index is -0.342. The lowest BCUT2D eigenvalue weighted by molar-refractivity contribution is -0.0954. The summed E-state index contributed by atoms with van der Waals surface area (Å²) in [6.45, 7) is 6.72. The summed E-state index contributed by atoms with van der Waals surface area (Å²) in [7, 11) is 0. The number of nitrogens with one attached hydrogen (secondary N) is 1. The molecule has 1 amide bonds. The van der Waals surface area contributed by atoms with Crippen LogP contribution in [-0.2, 0) is 4.74 Å². The predicted octanol–water partition coefficient (Wildman–Crippen LogP) is 4.12. The molecule has 4 rings (SSSR count). The van der Waals surface area contributed by atoms with Crippen molar-refractivity contribution in [3.63, 3.8) is 0 Å². The van der Waals surface area contributed by atoms with Crippen molar-refractivity contribution in [1.29, 1.82) is 0 Å². The molecular formula is C17H29NO2. The maximum Gasteiger partial charge on any atom is 0.407 e. The number of amides is 1. The van der Waals surface area contributed by atoms with Crippen molar-refractivity contribution >= 4 is 6.09 Å². The third-order valence-corrected chi connectivity index (χ3v) is 5.66. The van der Waals surface area contributed by atoms with Gasteiger partial charge in [0.25, 0.3) is 0 Å². The molecular weight excluding hydrogens is 250 g/mol. The van der Waals surface area contributed by atoms with E-state index in [9.17, 15) is 4.79 Å². The van der Waals surface area contributed by atoms with Crippen LogP contribution in [0, 0.1) is 23.2 Å². The second-order valence-corrected chi connectivity index (χ2v) is 8.27. The molecule has 0 aromatic carbocycles. The summed E-state index contributed by atoms with van der Waals surface area (Å²) < 4.78 is 5.67. The Kier molecular flexibility index (Phi) is 3.50. The number of alkyl carbamates (subject to hydrolysis) is 1. The van der Waals surface area contributed by atoms with Crippen molar-refractivity contribution in [3.05, 3.63) is 0 Å². The highest BCUT2D eigenvalue weighted by atomic mass is 16.6. The molecule has 3 heteroatoms. The molecule has 4 aliphatic rings. The molecule has 0 aromatic rings. The number of hydrogen-bond acceptors (Lipinski definition) is 2. The van der Waals surface area contributed by atoms with Crippen molar-refractivity contribution in [2.24, 2.45) is 23.2 Å². The highest BCUT2D eigenvalue weighted by molar-refractivity contribution is 5.67. The van der Waals surface area contributed by atoms with Crippen molar-refractivity contribution in [3.8, 4) is 0 Å². The number of carbonyl (C=O) groups is 1. The molecule has 20 heavy (non-hydrogen) atoms. The van der Waals surface area contributed by atoms with E-state index in [0.29, 0.717) is 12.0 Å². The number of hydrogen-bond donors (Lipinski definition) is 1. The van der Waals surface area contributed by atoms with Crippen LogP contribution in [0.5, 0.6) is 0 Å². The molecule has 0 unspecified atom stereocenters. The minimum absolute atomic E-state index is 0.262. The lowest BCUT2D eigenvalue weighted by atomic mass is 9.48. The SMILES string of the molecule is CCNC(=O)OC(C)(C)CC12CC3CC(CC(C3)C1)C2. The summed E-state index contributed by atoms with van der Waals surface area (Å²) in [5, 5.41) is 2.75. The predicted molar refractivity (Wildman–Crippen MR) is 79.5 cm³/mol. The van der Waals surface area contributed by atoms with Crippen molar-refractivity contribution < 1.29 is 9.53 Å². The van der Waals surface area contributed by atoms with Crippen molar-refractivity contribution in [2.75, 3.05) is 6.54 Å². The van der Waals surface area contributed by atoms with Crippen LogP contribution in [0.3, 0.4) is 0 Å². The van der Waals surface area contributed by atoms with Gasteiger partial charge in [-0.3, -0.25) is 0 Å². The Morgan fingerprint density at radius 3 is 2.10 bits per heavy atom. The molecule has 4 bridgehead atoms. The molecule has 4 fully saturated rings. The summed E-state index contributed by atoms with van der Waals surface area (Å²) in [5.74, 6) is 2.88. The van der Waals surface area contributed by atoms with Crippen LogP contribution in [0.1, 0.15) is 65.7 Å². The van der Waals surface area contributed by atoms with Gasteiger partial charge in [0, 0.05) is 6.54 Å². The third-order valence-electron chi connectivity index (χ3n) is 5.66. The van der Waals surface area contributed by atoms with E-state index >= 15 is 0 Å². The number of ether oxygens (including phenoxy) is 1. The average Bonchev–Trinajstić information content (AvgIpc) is 2.23. The first-order valence-electron chi connectivity index (χ1n) is 8.37. The zero-order valence-electron chi connectivity index (χ0n) is 13.2. The number of rotatable bonds is 4. The Hall–Kier alpha value is -0.730. The largest absolute Gasteiger partial charge is 0.444 e. The molecule has 0 spiro atoms. The minimum Gasteiger partial charge on any atom is -0.444 e. The van der Waals surface area contributed by atoms with Crippen LogP contribution in [0.2, 0.25) is 0 Å². The summed E-state index contributed by atoms with van der Waals surface area (Å²) >= 11 is 0. The van der Waals surface area contributed by atoms with Gasteiger partial charge in [0.2, 0.25) is 0 Å². The highest BCUT2D eigenvalue weighted by Crippen LogP contribution is 2.62. The van der Waals surface area contributed by atoms with Gasteiger partial charge in [-0.1, -0.05) is 0 Å². The summed E-state index contributed by atoms with van der Waals surface area (Å²) in [4.78, 5) is 11.7. The smallest absolute Gasteiger partial charge is 0.407 e. The molecule has 4 saturated carbocycles. The van der Waals surface area contributed by atoms with E-state index in [-0.39, 0.29) is 11.7 Å². The van der Waals surface area contributed by atoms with Crippen LogP contribution in [-0.4, -0.2) is 18.2 Å². The van der Waals surface area contributed by atoms with Gasteiger partial charge >= 0.3 is 6.09 Å². The second kappa shape index (κ2) is 4.92. The normalized spacial score (nSPS) is 38.9. The summed E-state index contributed by atoms with van der Waals surface area (Å²) in [5.41, 5.74) is 0.121. The first-order chi connectivity index (χ1) is 9.40. The standard InChI is InChI=1S/C17H29NO2/c1-4-18-15(19)20-16(2,3)11-17-8-12-5-13(9-17)7-14(6-12)10-17/h12-14H,4-11H2,1-3H3,(H,18,19). The zero-order valence-corrected chi connectivity index (χ0v) is 13.2. The van der Waals surface area contributed by atoms with Crippen LogP contribution >= 0.6 is 0 Å². The van der Waals surface area contributed by atoms with Gasteiger partial charge in [-0.25, -0.2) is 4.79 Å². The van der Waals surface area contributed by atoms with Crippen LogP contribution in [0.25, 0.3) is 0 Å². The Balaban J connectivity index is 1.65. The molecule has 3 nitrogen and oxygen atoms in total. The average molecular weight is 279 g/mol. The zero-order chi connectivity index (χ0) is 14.4. The summed E-state index contributed by atoms with van der Waals surface area (Å²) in [6.07, 6.45) is 9.32. The van der Waals surface area contributed by atoms with Crippen molar-refractivity contribution in [2.45, 2.75) is 71.3 Å². The Labute approximate surface area is 122 Å². The Morgan fingerprint density at radius 2 is 1.65 bits per heavy atom. The van der Waals surface area contributed by atoms with Crippen LogP contribution in [0.4, 0.5) is 4.79 Å². The quantitative estimate of drug-likeness (QED) is 0.840. The Morgan fingerprint density at radius 1 is 1.15 bits per heavy atom. The molecule has 0 heterocycles. The van der Waals surface area contributed by atoms with E-state index in [0.717, 1.165) is 24.2 Å². The monoisotopic (exact) mass is 279 g/mol. The second-order valence-electron chi connectivity index (χ2n) is 8.27. The molecule has 0 aliphatic heterocycles. The fourth-order valence-corrected chi connectivity index (χ4v) is 5.88. The van der Waals surface area contributed by atoms with E-state index < -0.39 is 0 Å². The first-order valence-corrected chi connectivity index (χ1v) is 8.37. The van der Waals surface area contributed by atoms with E-state index in [1.54, 1.807) is 0 Å². The fraction of sp³-hybridized carbons (Fsp3) is 0.941. The highest BCUT2D eigenvalue weighted by Gasteiger charge is 2.52. The van der Waals surface area contributed by atoms with E-state index in [1.165, 1.54) is 38.5 Å². The molecule has 0 radical (unpaired) electrons. The Bertz CT molecular complexity index is 353. The van der Waals surface area contributed by atoms with Gasteiger partial charge in [-0.15, -0.1) is 0 Å². The van der Waals surface area contributed by atoms with E-state index in [4.69, 9.17) is 4.74 Å². The third kappa shape index (κ3) is 2.82. The topological polar surface area (TPSA) is 38.3 Å². The van der Waals surface area contributed by atoms with Gasteiger partial charge in [-0.2, -0.15) is 0 Å². The lowest BCUT2D eigenvalue weighted by Gasteiger charge is -2.58. The van der Waals surface area contributed by atoms with Gasteiger partial charge in [0.1, 0.15) is 5.60 Å². The van der Waals surface area contributed by atoms with Gasteiger partial charge in [0.05, 0.1) is 0 Å². The van der Waals surface area contributed by atoms with E-state index in [1.807, 2.05) is 6.92 Å². The molecule has 1 N–H and O–H groups in total. The lowest BCUT2D eigenvalue weighted by Crippen LogP contribution is -2.49. The van der Waals surface area contributed by atoms with Crippen molar-refractivity contribution in [1.82, 2.24) is 5.32 Å². The summed E-state index contributed by atoms with van der Waals surface area (Å²) in [6, 6.07) is 0. The molecule has 0 saturated heterocycles. The van der Waals surface area contributed by atoms with E-state index in [2.05, 4.69) is 19.2 Å². The van der Waals surface area contributed by atoms with Crippen LogP contribution < -0.4 is 5.32 Å². The molecule has 0 aromatic heterocycles. The van der Waals surface area contributed by atoms with Crippen LogP contribution in [0.15, 0.2) is 0 Å². The fourth-order valence-electron chi connectivity index (χ4n) is 5.88.